The molecular weight excluding hydrogens is 278 g/mol. The van der Waals surface area contributed by atoms with Crippen molar-refractivity contribution >= 4 is 17.6 Å². The van der Waals surface area contributed by atoms with Gasteiger partial charge in [-0.25, -0.2) is 0 Å². The van der Waals surface area contributed by atoms with Crippen molar-refractivity contribution in [2.45, 2.75) is 12.8 Å². The fraction of sp³-hybridized carbons (Fsp3) is 0.533. The van der Waals surface area contributed by atoms with E-state index in [1.807, 2.05) is 24.3 Å². The monoisotopic (exact) mass is 297 g/mol. The van der Waals surface area contributed by atoms with Crippen molar-refractivity contribution in [3.8, 4) is 5.75 Å². The van der Waals surface area contributed by atoms with Crippen molar-refractivity contribution in [2.75, 3.05) is 33.4 Å². The molecule has 0 radical (unpaired) electrons. The van der Waals surface area contributed by atoms with Crippen LogP contribution >= 0.6 is 11.6 Å². The quantitative estimate of drug-likeness (QED) is 0.783. The molecule has 1 aliphatic heterocycles. The van der Waals surface area contributed by atoms with Gasteiger partial charge in [-0.3, -0.25) is 9.69 Å². The largest absolute Gasteiger partial charge is 0.492 e. The number of likely N-dealkylation sites (tertiary alicyclic amines) is 1. The molecule has 110 valence electrons. The lowest BCUT2D eigenvalue weighted by molar-refractivity contribution is -0.147. The maximum Gasteiger partial charge on any atom is 0.309 e. The Bertz CT molecular complexity index is 435. The van der Waals surface area contributed by atoms with Crippen LogP contribution in [0.25, 0.3) is 0 Å². The minimum atomic E-state index is -0.103. The number of hydrogen-bond acceptors (Lipinski definition) is 4. The number of esters is 1. The van der Waals surface area contributed by atoms with Crippen molar-refractivity contribution in [1.29, 1.82) is 0 Å². The molecule has 1 atom stereocenters. The second-order valence-electron chi connectivity index (χ2n) is 4.97. The topological polar surface area (TPSA) is 38.8 Å². The fourth-order valence-corrected chi connectivity index (χ4v) is 2.57. The summed E-state index contributed by atoms with van der Waals surface area (Å²) in [6.07, 6.45) is 1.95. The highest BCUT2D eigenvalue weighted by atomic mass is 35.5. The van der Waals surface area contributed by atoms with Crippen LogP contribution in [0.5, 0.6) is 5.75 Å². The lowest BCUT2D eigenvalue weighted by atomic mass is 9.98. The highest BCUT2D eigenvalue weighted by molar-refractivity contribution is 6.30. The lowest BCUT2D eigenvalue weighted by Gasteiger charge is -2.31. The van der Waals surface area contributed by atoms with E-state index in [0.717, 1.165) is 38.2 Å². The predicted octanol–water partition coefficient (Wildman–Crippen LogP) is 2.60. The zero-order valence-corrected chi connectivity index (χ0v) is 12.4. The van der Waals surface area contributed by atoms with E-state index in [0.29, 0.717) is 11.6 Å². The van der Waals surface area contributed by atoms with Crippen LogP contribution in [-0.4, -0.2) is 44.2 Å². The summed E-state index contributed by atoms with van der Waals surface area (Å²) in [4.78, 5) is 13.8. The van der Waals surface area contributed by atoms with E-state index in [1.54, 1.807) is 0 Å². The summed E-state index contributed by atoms with van der Waals surface area (Å²) in [6.45, 7) is 3.19. The van der Waals surface area contributed by atoms with Gasteiger partial charge in [-0.05, 0) is 43.7 Å². The van der Waals surface area contributed by atoms with Crippen LogP contribution < -0.4 is 4.74 Å². The number of hydrogen-bond donors (Lipinski definition) is 0. The van der Waals surface area contributed by atoms with Gasteiger partial charge in [-0.2, -0.15) is 0 Å². The first-order chi connectivity index (χ1) is 9.69. The van der Waals surface area contributed by atoms with E-state index in [-0.39, 0.29) is 11.9 Å². The third-order valence-corrected chi connectivity index (χ3v) is 3.78. The highest BCUT2D eigenvalue weighted by Crippen LogP contribution is 2.18. The molecule has 1 aromatic carbocycles. The number of rotatable bonds is 5. The minimum absolute atomic E-state index is 0.00396. The number of carbonyl (C=O) groups is 1. The van der Waals surface area contributed by atoms with E-state index in [4.69, 9.17) is 21.1 Å². The standard InChI is InChI=1S/C15H20ClNO3/c1-19-15(18)12-3-2-8-17(11-12)9-10-20-14-6-4-13(16)5-7-14/h4-7,12H,2-3,8-11H2,1H3/t12-/m0/s1. The highest BCUT2D eigenvalue weighted by Gasteiger charge is 2.26. The number of ether oxygens (including phenoxy) is 2. The Balaban J connectivity index is 1.73. The molecule has 4 nitrogen and oxygen atoms in total. The molecular formula is C15H20ClNO3. The molecule has 1 saturated heterocycles. The summed E-state index contributed by atoms with van der Waals surface area (Å²) in [6, 6.07) is 7.34. The van der Waals surface area contributed by atoms with Crippen LogP contribution in [0.4, 0.5) is 0 Å². The van der Waals surface area contributed by atoms with Crippen molar-refractivity contribution in [3.05, 3.63) is 29.3 Å². The van der Waals surface area contributed by atoms with Gasteiger partial charge < -0.3 is 9.47 Å². The number of carbonyl (C=O) groups excluding carboxylic acids is 1. The van der Waals surface area contributed by atoms with Crippen LogP contribution in [-0.2, 0) is 9.53 Å². The zero-order valence-electron chi connectivity index (χ0n) is 11.7. The molecule has 1 fully saturated rings. The third kappa shape index (κ3) is 4.39. The molecule has 0 aromatic heterocycles. The second kappa shape index (κ2) is 7.50. The average Bonchev–Trinajstić information content (AvgIpc) is 2.49. The molecule has 1 heterocycles. The van der Waals surface area contributed by atoms with Gasteiger partial charge >= 0.3 is 5.97 Å². The Labute approximate surface area is 124 Å². The molecule has 1 aromatic rings. The molecule has 5 heteroatoms. The number of nitrogens with zero attached hydrogens (tertiary/aromatic N) is 1. The van der Waals surface area contributed by atoms with Crippen LogP contribution in [0.1, 0.15) is 12.8 Å². The molecule has 0 aliphatic carbocycles. The smallest absolute Gasteiger partial charge is 0.309 e. The Morgan fingerprint density at radius 1 is 1.40 bits per heavy atom. The maximum absolute atomic E-state index is 11.5. The van der Waals surface area contributed by atoms with Crippen molar-refractivity contribution in [1.82, 2.24) is 4.90 Å². The van der Waals surface area contributed by atoms with Crippen LogP contribution in [0.2, 0.25) is 5.02 Å². The molecule has 1 aliphatic rings. The molecule has 0 amide bonds. The van der Waals surface area contributed by atoms with Crippen LogP contribution in [0.15, 0.2) is 24.3 Å². The zero-order chi connectivity index (χ0) is 14.4. The Kier molecular flexibility index (Phi) is 5.68. The SMILES string of the molecule is COC(=O)[C@H]1CCCN(CCOc2ccc(Cl)cc2)C1. The fourth-order valence-electron chi connectivity index (χ4n) is 2.44. The molecule has 2 rings (SSSR count). The van der Waals surface area contributed by atoms with E-state index in [1.165, 1.54) is 7.11 Å². The summed E-state index contributed by atoms with van der Waals surface area (Å²) in [5, 5.41) is 0.703. The van der Waals surface area contributed by atoms with Gasteiger partial charge in [0.15, 0.2) is 0 Å². The van der Waals surface area contributed by atoms with Gasteiger partial charge in [-0.15, -0.1) is 0 Å². The minimum Gasteiger partial charge on any atom is -0.492 e. The first-order valence-corrected chi connectivity index (χ1v) is 7.25. The molecule has 20 heavy (non-hydrogen) atoms. The van der Waals surface area contributed by atoms with Gasteiger partial charge in [0.1, 0.15) is 12.4 Å². The summed E-state index contributed by atoms with van der Waals surface area (Å²) in [7, 11) is 1.45. The van der Waals surface area contributed by atoms with Gasteiger partial charge in [0.05, 0.1) is 13.0 Å². The van der Waals surface area contributed by atoms with Crippen LogP contribution in [0.3, 0.4) is 0 Å². The molecule has 0 N–H and O–H groups in total. The predicted molar refractivity (Wildman–Crippen MR) is 78.1 cm³/mol. The molecule has 0 saturated carbocycles. The molecule has 0 unspecified atom stereocenters. The first-order valence-electron chi connectivity index (χ1n) is 6.87. The Hall–Kier alpha value is -1.26. The summed E-state index contributed by atoms with van der Waals surface area (Å²) in [5.41, 5.74) is 0. The van der Waals surface area contributed by atoms with E-state index in [9.17, 15) is 4.79 Å². The van der Waals surface area contributed by atoms with Gasteiger partial charge in [-0.1, -0.05) is 11.6 Å². The van der Waals surface area contributed by atoms with E-state index < -0.39 is 0 Å². The second-order valence-corrected chi connectivity index (χ2v) is 5.40. The van der Waals surface area contributed by atoms with E-state index in [2.05, 4.69) is 4.90 Å². The van der Waals surface area contributed by atoms with Crippen molar-refractivity contribution in [2.24, 2.45) is 5.92 Å². The maximum atomic E-state index is 11.5. The normalized spacial score (nSPS) is 19.6. The molecule has 0 bridgehead atoms. The number of halogens is 1. The summed E-state index contributed by atoms with van der Waals surface area (Å²) >= 11 is 5.82. The van der Waals surface area contributed by atoms with Crippen molar-refractivity contribution in [3.63, 3.8) is 0 Å². The average molecular weight is 298 g/mol. The van der Waals surface area contributed by atoms with E-state index >= 15 is 0 Å². The van der Waals surface area contributed by atoms with Gasteiger partial charge in [0, 0.05) is 18.1 Å². The first kappa shape index (κ1) is 15.1. The number of methoxy groups -OCH3 is 1. The lowest BCUT2D eigenvalue weighted by Crippen LogP contribution is -2.41. The van der Waals surface area contributed by atoms with Crippen molar-refractivity contribution < 1.29 is 14.3 Å². The molecule has 0 spiro atoms. The third-order valence-electron chi connectivity index (χ3n) is 3.53. The Morgan fingerprint density at radius 3 is 2.85 bits per heavy atom. The summed E-state index contributed by atoms with van der Waals surface area (Å²) < 4.78 is 10.5. The summed E-state index contributed by atoms with van der Waals surface area (Å²) in [5.74, 6) is 0.716. The number of benzene rings is 1. The number of piperidine rings is 1. The van der Waals surface area contributed by atoms with Gasteiger partial charge in [0.2, 0.25) is 0 Å². The Morgan fingerprint density at radius 2 is 2.15 bits per heavy atom. The van der Waals surface area contributed by atoms with Gasteiger partial charge in [0.25, 0.3) is 0 Å². The van der Waals surface area contributed by atoms with Crippen LogP contribution in [0, 0.1) is 5.92 Å².